The molecule has 8 nitrogen and oxygen atoms in total. The highest BCUT2D eigenvalue weighted by Gasteiger charge is 2.11. The first-order valence-electron chi connectivity index (χ1n) is 6.36. The molecule has 0 bridgehead atoms. The lowest BCUT2D eigenvalue weighted by Crippen LogP contribution is -2.13. The Morgan fingerprint density at radius 3 is 2.59 bits per heavy atom. The van der Waals surface area contributed by atoms with Crippen LogP contribution >= 0.6 is 0 Å². The molecule has 0 aliphatic carbocycles. The Bertz CT molecular complexity index is 752. The average Bonchev–Trinajstić information content (AvgIpc) is 2.84. The Kier molecular flexibility index (Phi) is 4.66. The second-order valence-electron chi connectivity index (χ2n) is 4.23. The van der Waals surface area contributed by atoms with Crippen molar-refractivity contribution in [3.63, 3.8) is 0 Å². The largest absolute Gasteiger partial charge is 0.460 e. The van der Waals surface area contributed by atoms with E-state index in [9.17, 15) is 13.2 Å². The molecule has 0 aliphatic rings. The Balaban J connectivity index is 2.10. The molecule has 1 amide bonds. The molecule has 0 atom stereocenters. The van der Waals surface area contributed by atoms with Gasteiger partial charge in [0.05, 0.1) is 11.5 Å². The molecule has 0 saturated heterocycles. The minimum absolute atomic E-state index is 0.0220. The number of sulfonamides is 1. The molecule has 0 aliphatic heterocycles. The molecule has 22 heavy (non-hydrogen) atoms. The van der Waals surface area contributed by atoms with Crippen molar-refractivity contribution in [2.24, 2.45) is 0 Å². The van der Waals surface area contributed by atoms with Gasteiger partial charge >= 0.3 is 6.09 Å². The van der Waals surface area contributed by atoms with Crippen LogP contribution in [0.1, 0.15) is 12.7 Å². The van der Waals surface area contributed by atoms with Crippen molar-refractivity contribution in [1.82, 2.24) is 5.16 Å². The molecule has 0 radical (unpaired) electrons. The zero-order valence-corrected chi connectivity index (χ0v) is 12.8. The summed E-state index contributed by atoms with van der Waals surface area (Å²) in [7, 11) is -3.90. The van der Waals surface area contributed by atoms with Gasteiger partial charge in [0.2, 0.25) is 10.0 Å². The van der Waals surface area contributed by atoms with E-state index < -0.39 is 16.1 Å². The maximum Gasteiger partial charge on any atom is 0.411 e. The summed E-state index contributed by atoms with van der Waals surface area (Å²) in [6.07, 6.45) is -0.610. The van der Waals surface area contributed by atoms with Gasteiger partial charge < -0.3 is 14.0 Å². The fourth-order valence-electron chi connectivity index (χ4n) is 1.57. The lowest BCUT2D eigenvalue weighted by molar-refractivity contribution is 0.168. The first-order chi connectivity index (χ1) is 10.4. The second-order valence-corrected chi connectivity index (χ2v) is 5.84. The lowest BCUT2D eigenvalue weighted by atomic mass is 10.3. The molecule has 118 valence electrons. The highest BCUT2D eigenvalue weighted by Crippen LogP contribution is 2.27. The number of nitrogens with zero attached hydrogens (tertiary/aromatic N) is 2. The van der Waals surface area contributed by atoms with Gasteiger partial charge in [-0.05, 0) is 50.0 Å². The number of carbonyl (C=O) groups is 1. The molecule has 1 aromatic carbocycles. The number of hydrogen-bond donors (Lipinski definition) is 1. The van der Waals surface area contributed by atoms with Crippen LogP contribution < -0.4 is 5.32 Å². The summed E-state index contributed by atoms with van der Waals surface area (Å²) in [6, 6.07) is 6.94. The monoisotopic (exact) mass is 324 g/mol. The van der Waals surface area contributed by atoms with Gasteiger partial charge in [-0.25, -0.2) is 13.2 Å². The summed E-state index contributed by atoms with van der Waals surface area (Å²) in [4.78, 5) is 11.2. The molecular weight excluding hydrogens is 310 g/mol. The number of aromatic nitrogens is 1. The number of hydrogen-bond acceptors (Lipinski definition) is 6. The minimum Gasteiger partial charge on any atom is -0.460 e. The SMILES string of the molecule is CCOC(=O)Nc1ccc(S(=O)(=O)[N-]c2cc(C)on2)cc1. The summed E-state index contributed by atoms with van der Waals surface area (Å²) in [5.74, 6) is 0.439. The number of benzene rings is 1. The van der Waals surface area contributed by atoms with E-state index in [1.54, 1.807) is 13.8 Å². The van der Waals surface area contributed by atoms with Crippen LogP contribution in [0.15, 0.2) is 39.8 Å². The van der Waals surface area contributed by atoms with Gasteiger partial charge in [0.1, 0.15) is 5.76 Å². The summed E-state index contributed by atoms with van der Waals surface area (Å²) in [5.41, 5.74) is 0.412. The number of rotatable bonds is 5. The van der Waals surface area contributed by atoms with Gasteiger partial charge in [-0.3, -0.25) is 10.5 Å². The van der Waals surface area contributed by atoms with Crippen LogP contribution in [-0.2, 0) is 14.8 Å². The van der Waals surface area contributed by atoms with Gasteiger partial charge in [0, 0.05) is 5.69 Å². The number of aryl methyl sites for hydroxylation is 1. The van der Waals surface area contributed by atoms with Gasteiger partial charge in [-0.1, -0.05) is 0 Å². The van der Waals surface area contributed by atoms with Crippen LogP contribution in [0.3, 0.4) is 0 Å². The molecular formula is C13H14N3O5S-. The first-order valence-corrected chi connectivity index (χ1v) is 7.80. The molecule has 1 aromatic heterocycles. The molecule has 0 unspecified atom stereocenters. The number of nitrogens with one attached hydrogen (secondary N) is 1. The van der Waals surface area contributed by atoms with E-state index >= 15 is 0 Å². The zero-order valence-electron chi connectivity index (χ0n) is 11.9. The second kappa shape index (κ2) is 6.48. The number of amides is 1. The molecule has 0 saturated carbocycles. The number of ether oxygens (including phenoxy) is 1. The fraction of sp³-hybridized carbons (Fsp3) is 0.231. The molecule has 2 aromatic rings. The lowest BCUT2D eigenvalue weighted by Gasteiger charge is -2.12. The van der Waals surface area contributed by atoms with Crippen molar-refractivity contribution in [3.05, 3.63) is 40.8 Å². The predicted octanol–water partition coefficient (Wildman–Crippen LogP) is 2.95. The molecule has 1 heterocycles. The molecule has 1 N–H and O–H groups in total. The predicted molar refractivity (Wildman–Crippen MR) is 78.5 cm³/mol. The van der Waals surface area contributed by atoms with E-state index in [-0.39, 0.29) is 17.3 Å². The number of carbonyl (C=O) groups excluding carboxylic acids is 1. The van der Waals surface area contributed by atoms with Crippen LogP contribution in [-0.4, -0.2) is 26.3 Å². The van der Waals surface area contributed by atoms with Gasteiger partial charge in [0.15, 0.2) is 0 Å². The van der Waals surface area contributed by atoms with Gasteiger partial charge in [0.25, 0.3) is 0 Å². The first kappa shape index (κ1) is 15.8. The molecule has 9 heteroatoms. The average molecular weight is 324 g/mol. The van der Waals surface area contributed by atoms with Gasteiger partial charge in [-0.15, -0.1) is 0 Å². The van der Waals surface area contributed by atoms with E-state index in [1.165, 1.54) is 30.3 Å². The van der Waals surface area contributed by atoms with Crippen LogP contribution in [0.25, 0.3) is 4.72 Å². The smallest absolute Gasteiger partial charge is 0.411 e. The number of anilines is 1. The Hall–Kier alpha value is -2.55. The summed E-state index contributed by atoms with van der Waals surface area (Å²) in [6.45, 7) is 3.56. The van der Waals surface area contributed by atoms with Crippen molar-refractivity contribution in [3.8, 4) is 0 Å². The third kappa shape index (κ3) is 3.98. The highest BCUT2D eigenvalue weighted by atomic mass is 32.2. The highest BCUT2D eigenvalue weighted by molar-refractivity contribution is 7.94. The van der Waals surface area contributed by atoms with Crippen molar-refractivity contribution < 1.29 is 22.5 Å². The van der Waals surface area contributed by atoms with Crippen molar-refractivity contribution in [2.75, 3.05) is 11.9 Å². The Labute approximate surface area is 127 Å². The Morgan fingerprint density at radius 2 is 2.05 bits per heavy atom. The summed E-state index contributed by atoms with van der Waals surface area (Å²) < 4.78 is 37.2. The van der Waals surface area contributed by atoms with Crippen LogP contribution in [0, 0.1) is 6.92 Å². The van der Waals surface area contributed by atoms with E-state index in [1.807, 2.05) is 0 Å². The maximum absolute atomic E-state index is 12.1. The van der Waals surface area contributed by atoms with Gasteiger partial charge in [-0.2, -0.15) is 0 Å². The minimum atomic E-state index is -3.90. The van der Waals surface area contributed by atoms with E-state index in [2.05, 4.69) is 15.2 Å². The van der Waals surface area contributed by atoms with Crippen LogP contribution in [0.2, 0.25) is 0 Å². The van der Waals surface area contributed by atoms with E-state index in [0.717, 1.165) is 0 Å². The van der Waals surface area contributed by atoms with Crippen LogP contribution in [0.5, 0.6) is 0 Å². The zero-order chi connectivity index (χ0) is 16.2. The normalized spacial score (nSPS) is 11.0. The van der Waals surface area contributed by atoms with Crippen LogP contribution in [0.4, 0.5) is 16.3 Å². The summed E-state index contributed by atoms with van der Waals surface area (Å²) >= 11 is 0. The standard InChI is InChI=1S/C13H15N3O5S/c1-3-20-13(17)14-10-4-6-11(7-5-10)22(18,19)16-12-8-9(2)21-15-12/h4-8H,3H2,1-2H3,(H2,14,15,16,17)/p-1. The maximum atomic E-state index is 12.1. The third-order valence-electron chi connectivity index (χ3n) is 2.50. The molecule has 2 rings (SSSR count). The fourth-order valence-corrected chi connectivity index (χ4v) is 2.49. The topological polar surface area (TPSA) is 113 Å². The molecule has 0 fully saturated rings. The quantitative estimate of drug-likeness (QED) is 0.904. The third-order valence-corrected chi connectivity index (χ3v) is 3.80. The van der Waals surface area contributed by atoms with E-state index in [4.69, 9.17) is 9.26 Å². The molecule has 0 spiro atoms. The van der Waals surface area contributed by atoms with E-state index in [0.29, 0.717) is 11.4 Å². The van der Waals surface area contributed by atoms with Crippen molar-refractivity contribution in [1.29, 1.82) is 0 Å². The Morgan fingerprint density at radius 1 is 1.36 bits per heavy atom. The summed E-state index contributed by atoms with van der Waals surface area (Å²) in [5, 5.41) is 5.97. The van der Waals surface area contributed by atoms with Crippen molar-refractivity contribution in [2.45, 2.75) is 18.7 Å². The van der Waals surface area contributed by atoms with Crippen molar-refractivity contribution >= 4 is 27.6 Å².